The van der Waals surface area contributed by atoms with Crippen LogP contribution in [0.15, 0.2) is 28.7 Å². The summed E-state index contributed by atoms with van der Waals surface area (Å²) in [5, 5.41) is 0. The van der Waals surface area contributed by atoms with Crippen LogP contribution in [-0.4, -0.2) is 5.97 Å². The summed E-state index contributed by atoms with van der Waals surface area (Å²) in [6.45, 7) is 1.59. The van der Waals surface area contributed by atoms with Gasteiger partial charge in [0, 0.05) is 10.4 Å². The predicted octanol–water partition coefficient (Wildman–Crippen LogP) is 2.38. The van der Waals surface area contributed by atoms with Gasteiger partial charge in [0.05, 0.1) is 0 Å². The van der Waals surface area contributed by atoms with E-state index in [2.05, 4.69) is 27.8 Å². The fraction of sp³-hybridized carbons (Fsp3) is 0.100. The average molecular weight is 239 g/mol. The second-order valence-corrected chi connectivity index (χ2v) is 3.14. The molecular formula is C10H7BrO2. The maximum atomic E-state index is 10.9. The van der Waals surface area contributed by atoms with Crippen molar-refractivity contribution in [3.63, 3.8) is 0 Å². The Morgan fingerprint density at radius 2 is 2.31 bits per heavy atom. The summed E-state index contributed by atoms with van der Waals surface area (Å²) in [5.74, 6) is 4.70. The van der Waals surface area contributed by atoms with Crippen LogP contribution in [0.4, 0.5) is 0 Å². The molecule has 13 heavy (non-hydrogen) atoms. The zero-order chi connectivity index (χ0) is 9.68. The molecule has 1 aromatic rings. The molecule has 1 rings (SSSR count). The predicted molar refractivity (Wildman–Crippen MR) is 53.2 cm³/mol. The van der Waals surface area contributed by atoms with E-state index in [0.717, 1.165) is 4.47 Å². The third-order valence-corrected chi connectivity index (χ3v) is 1.73. The van der Waals surface area contributed by atoms with E-state index in [1.54, 1.807) is 25.1 Å². The third kappa shape index (κ3) is 3.30. The van der Waals surface area contributed by atoms with Gasteiger partial charge >= 0.3 is 5.97 Å². The second-order valence-electron chi connectivity index (χ2n) is 2.22. The van der Waals surface area contributed by atoms with Gasteiger partial charge in [-0.05, 0) is 25.1 Å². The van der Waals surface area contributed by atoms with E-state index in [-0.39, 0.29) is 0 Å². The van der Waals surface area contributed by atoms with Crippen LogP contribution < -0.4 is 4.74 Å². The molecule has 0 aromatic heterocycles. The number of hydrogen-bond acceptors (Lipinski definition) is 2. The normalized spacial score (nSPS) is 8.46. The summed E-state index contributed by atoms with van der Waals surface area (Å²) in [5.41, 5.74) is 0. The molecule has 1 aromatic carbocycles. The first-order valence-electron chi connectivity index (χ1n) is 3.62. The Balaban J connectivity index is 2.73. The number of carbonyl (C=O) groups excluding carboxylic acids is 1. The van der Waals surface area contributed by atoms with Crippen molar-refractivity contribution in [2.24, 2.45) is 0 Å². The zero-order valence-corrected chi connectivity index (χ0v) is 8.59. The van der Waals surface area contributed by atoms with Crippen LogP contribution in [0.25, 0.3) is 0 Å². The van der Waals surface area contributed by atoms with Crippen molar-refractivity contribution in [2.75, 3.05) is 0 Å². The van der Waals surface area contributed by atoms with Gasteiger partial charge in [-0.1, -0.05) is 27.9 Å². The van der Waals surface area contributed by atoms with Gasteiger partial charge in [0.15, 0.2) is 0 Å². The van der Waals surface area contributed by atoms with Crippen molar-refractivity contribution >= 4 is 21.9 Å². The lowest BCUT2D eigenvalue weighted by atomic mass is 10.3. The summed E-state index contributed by atoms with van der Waals surface area (Å²) in [6.07, 6.45) is 0. The third-order valence-electron chi connectivity index (χ3n) is 1.23. The summed E-state index contributed by atoms with van der Waals surface area (Å²) in [4.78, 5) is 10.9. The van der Waals surface area contributed by atoms with E-state index in [1.165, 1.54) is 0 Å². The zero-order valence-electron chi connectivity index (χ0n) is 7.00. The highest BCUT2D eigenvalue weighted by Crippen LogP contribution is 2.17. The number of carbonyl (C=O) groups is 1. The highest BCUT2D eigenvalue weighted by molar-refractivity contribution is 9.10. The maximum Gasteiger partial charge on any atom is 0.389 e. The first-order chi connectivity index (χ1) is 6.22. The van der Waals surface area contributed by atoms with E-state index in [4.69, 9.17) is 4.74 Å². The Labute approximate surface area is 85.0 Å². The molecule has 0 spiro atoms. The van der Waals surface area contributed by atoms with Crippen molar-refractivity contribution in [3.05, 3.63) is 28.7 Å². The van der Waals surface area contributed by atoms with Gasteiger partial charge in [-0.2, -0.15) is 0 Å². The summed E-state index contributed by atoms with van der Waals surface area (Å²) >= 11 is 3.26. The van der Waals surface area contributed by atoms with Crippen LogP contribution in [0.3, 0.4) is 0 Å². The van der Waals surface area contributed by atoms with Gasteiger partial charge < -0.3 is 4.74 Å². The van der Waals surface area contributed by atoms with E-state index in [1.807, 2.05) is 6.07 Å². The fourth-order valence-electron chi connectivity index (χ4n) is 0.765. The van der Waals surface area contributed by atoms with E-state index in [0.29, 0.717) is 5.75 Å². The number of rotatable bonds is 1. The van der Waals surface area contributed by atoms with Crippen LogP contribution in [0, 0.1) is 11.8 Å². The minimum atomic E-state index is -0.541. The molecule has 0 amide bonds. The van der Waals surface area contributed by atoms with E-state index < -0.39 is 5.97 Å². The topological polar surface area (TPSA) is 26.3 Å². The second kappa shape index (κ2) is 4.68. The highest BCUT2D eigenvalue weighted by atomic mass is 79.9. The quantitative estimate of drug-likeness (QED) is 0.325. The number of halogens is 1. The first-order valence-corrected chi connectivity index (χ1v) is 4.42. The summed E-state index contributed by atoms with van der Waals surface area (Å²) in [7, 11) is 0. The molecular weight excluding hydrogens is 232 g/mol. The van der Waals surface area contributed by atoms with Crippen LogP contribution in [-0.2, 0) is 4.79 Å². The number of ether oxygens (including phenoxy) is 1. The summed E-state index contributed by atoms with van der Waals surface area (Å²) < 4.78 is 5.76. The Morgan fingerprint density at radius 1 is 1.54 bits per heavy atom. The van der Waals surface area contributed by atoms with Crippen molar-refractivity contribution in [3.8, 4) is 17.6 Å². The van der Waals surface area contributed by atoms with Crippen molar-refractivity contribution in [2.45, 2.75) is 6.92 Å². The molecule has 0 unspecified atom stereocenters. The van der Waals surface area contributed by atoms with Gasteiger partial charge in [0.1, 0.15) is 5.75 Å². The fourth-order valence-corrected chi connectivity index (χ4v) is 1.14. The standard InChI is InChI=1S/C10H7BrO2/c1-2-4-10(12)13-9-6-3-5-8(11)7-9/h3,5-7H,1H3. The van der Waals surface area contributed by atoms with Gasteiger partial charge in [0.2, 0.25) is 0 Å². The molecule has 0 heterocycles. The largest absolute Gasteiger partial charge is 0.417 e. The lowest BCUT2D eigenvalue weighted by molar-refractivity contribution is -0.128. The molecule has 0 radical (unpaired) electrons. The van der Waals surface area contributed by atoms with Crippen molar-refractivity contribution in [1.29, 1.82) is 0 Å². The average Bonchev–Trinajstić information content (AvgIpc) is 2.04. The molecule has 0 fully saturated rings. The minimum absolute atomic E-state index is 0.488. The molecule has 0 saturated heterocycles. The maximum absolute atomic E-state index is 10.9. The van der Waals surface area contributed by atoms with Gasteiger partial charge in [0.25, 0.3) is 0 Å². The Kier molecular flexibility index (Phi) is 3.53. The van der Waals surface area contributed by atoms with Gasteiger partial charge in [-0.3, -0.25) is 0 Å². The lowest BCUT2D eigenvalue weighted by Gasteiger charge is -1.99. The van der Waals surface area contributed by atoms with E-state index in [9.17, 15) is 4.79 Å². The SMILES string of the molecule is CC#CC(=O)Oc1cccc(Br)c1. The monoisotopic (exact) mass is 238 g/mol. The molecule has 2 nitrogen and oxygen atoms in total. The Bertz CT molecular complexity index is 374. The number of benzene rings is 1. The smallest absolute Gasteiger partial charge is 0.389 e. The number of esters is 1. The number of hydrogen-bond donors (Lipinski definition) is 0. The van der Waals surface area contributed by atoms with Crippen molar-refractivity contribution in [1.82, 2.24) is 0 Å². The van der Waals surface area contributed by atoms with Gasteiger partial charge in [-0.15, -0.1) is 0 Å². The van der Waals surface area contributed by atoms with E-state index >= 15 is 0 Å². The van der Waals surface area contributed by atoms with Gasteiger partial charge in [-0.25, -0.2) is 4.79 Å². The lowest BCUT2D eigenvalue weighted by Crippen LogP contribution is -2.03. The summed E-state index contributed by atoms with van der Waals surface area (Å²) in [6, 6.07) is 7.03. The molecule has 0 atom stereocenters. The molecule has 0 aliphatic heterocycles. The van der Waals surface area contributed by atoms with Crippen LogP contribution in [0.1, 0.15) is 6.92 Å². The minimum Gasteiger partial charge on any atom is -0.417 e. The molecule has 0 aliphatic carbocycles. The van der Waals surface area contributed by atoms with Crippen LogP contribution in [0.2, 0.25) is 0 Å². The Hall–Kier alpha value is -1.27. The molecule has 0 bridgehead atoms. The van der Waals surface area contributed by atoms with Crippen molar-refractivity contribution < 1.29 is 9.53 Å². The molecule has 3 heteroatoms. The van der Waals surface area contributed by atoms with Crippen LogP contribution >= 0.6 is 15.9 Å². The Morgan fingerprint density at radius 3 is 2.92 bits per heavy atom. The molecule has 0 N–H and O–H groups in total. The highest BCUT2D eigenvalue weighted by Gasteiger charge is 1.99. The molecule has 0 saturated carbocycles. The first kappa shape index (κ1) is 9.82. The molecule has 66 valence electrons. The molecule has 0 aliphatic rings. The van der Waals surface area contributed by atoms with Crippen LogP contribution in [0.5, 0.6) is 5.75 Å².